The van der Waals surface area contributed by atoms with Crippen LogP contribution in [0.1, 0.15) is 15.9 Å². The van der Waals surface area contributed by atoms with Gasteiger partial charge in [-0.1, -0.05) is 60.7 Å². The first-order valence-corrected chi connectivity index (χ1v) is 10.0. The van der Waals surface area contributed by atoms with Gasteiger partial charge in [-0.15, -0.1) is 0 Å². The first kappa shape index (κ1) is 17.1. The molecule has 0 aliphatic carbocycles. The number of fused-ring (bicyclic) bond motifs is 6. The molecule has 6 rings (SSSR count). The molecule has 0 bridgehead atoms. The second-order valence-corrected chi connectivity index (χ2v) is 7.68. The summed E-state index contributed by atoms with van der Waals surface area (Å²) in [6.45, 7) is 0. The smallest absolute Gasteiger partial charge is 0.204 e. The SMILES string of the molecule is O=C(C(=S)c1ccc2c(c1)oc1ccccc12)c1ccc2c(c1)oc1ccccc12. The Balaban J connectivity index is 1.40. The van der Waals surface area contributed by atoms with E-state index in [9.17, 15) is 4.79 Å². The number of ketones is 1. The second-order valence-electron chi connectivity index (χ2n) is 7.28. The zero-order valence-electron chi connectivity index (χ0n) is 15.7. The second kappa shape index (κ2) is 6.37. The summed E-state index contributed by atoms with van der Waals surface area (Å²) in [4.78, 5) is 13.4. The van der Waals surface area contributed by atoms with Gasteiger partial charge in [0.05, 0.1) is 4.86 Å². The van der Waals surface area contributed by atoms with Crippen LogP contribution < -0.4 is 0 Å². The number of hydrogen-bond acceptors (Lipinski definition) is 4. The molecule has 0 amide bonds. The molecule has 2 heterocycles. The van der Waals surface area contributed by atoms with Crippen molar-refractivity contribution in [3.8, 4) is 0 Å². The Bertz CT molecular complexity index is 1510. The number of benzene rings is 4. The minimum Gasteiger partial charge on any atom is -0.456 e. The Hall–Kier alpha value is -3.76. The van der Waals surface area contributed by atoms with Crippen LogP contribution in [0.25, 0.3) is 43.9 Å². The number of rotatable bonds is 3. The highest BCUT2D eigenvalue weighted by Gasteiger charge is 2.18. The fourth-order valence-electron chi connectivity index (χ4n) is 4.00. The Labute approximate surface area is 176 Å². The molecule has 0 unspecified atom stereocenters. The largest absolute Gasteiger partial charge is 0.456 e. The molecule has 4 heteroatoms. The lowest BCUT2D eigenvalue weighted by atomic mass is 10.0. The molecule has 2 aromatic heterocycles. The van der Waals surface area contributed by atoms with Crippen LogP contribution in [-0.4, -0.2) is 10.6 Å². The standard InChI is InChI=1S/C26H14O3S/c27-25(15-9-11-19-17-5-1-3-7-21(17)28-23(19)13-15)26(30)16-10-12-20-18-6-2-4-8-22(18)29-24(20)14-16/h1-14H. The van der Waals surface area contributed by atoms with E-state index in [-0.39, 0.29) is 10.6 Å². The van der Waals surface area contributed by atoms with E-state index in [0.29, 0.717) is 16.7 Å². The van der Waals surface area contributed by atoms with Gasteiger partial charge >= 0.3 is 0 Å². The average Bonchev–Trinajstić information content (AvgIpc) is 3.35. The first-order valence-electron chi connectivity index (χ1n) is 9.61. The van der Waals surface area contributed by atoms with Gasteiger partial charge in [0.2, 0.25) is 5.78 Å². The average molecular weight is 406 g/mol. The summed E-state index contributed by atoms with van der Waals surface area (Å²) < 4.78 is 11.8. The van der Waals surface area contributed by atoms with Crippen molar-refractivity contribution in [3.05, 3.63) is 96.1 Å². The maximum Gasteiger partial charge on any atom is 0.204 e. The highest BCUT2D eigenvalue weighted by molar-refractivity contribution is 7.82. The Morgan fingerprint density at radius 1 is 0.567 bits per heavy atom. The van der Waals surface area contributed by atoms with Crippen LogP contribution in [0.15, 0.2) is 93.8 Å². The number of carbonyl (C=O) groups excluding carboxylic acids is 1. The summed E-state index contributed by atoms with van der Waals surface area (Å²) >= 11 is 5.53. The molecule has 0 N–H and O–H groups in total. The molecule has 0 aliphatic heterocycles. The zero-order valence-corrected chi connectivity index (χ0v) is 16.5. The lowest BCUT2D eigenvalue weighted by Gasteiger charge is -2.04. The van der Waals surface area contributed by atoms with Gasteiger partial charge in [-0.25, -0.2) is 0 Å². The fourth-order valence-corrected chi connectivity index (χ4v) is 4.24. The summed E-state index contributed by atoms with van der Waals surface area (Å²) in [7, 11) is 0. The molecule has 0 spiro atoms. The summed E-state index contributed by atoms with van der Waals surface area (Å²) in [6, 6.07) is 26.9. The molecule has 0 fully saturated rings. The van der Waals surface area contributed by atoms with Crippen LogP contribution in [-0.2, 0) is 0 Å². The molecule has 4 aromatic carbocycles. The molecule has 6 aromatic rings. The molecule has 0 atom stereocenters. The van der Waals surface area contributed by atoms with Gasteiger partial charge in [-0.05, 0) is 36.4 Å². The van der Waals surface area contributed by atoms with Crippen LogP contribution in [0.3, 0.4) is 0 Å². The molecule has 142 valence electrons. The zero-order chi connectivity index (χ0) is 20.2. The van der Waals surface area contributed by atoms with Crippen LogP contribution in [0.2, 0.25) is 0 Å². The normalized spacial score (nSPS) is 11.6. The van der Waals surface area contributed by atoms with E-state index < -0.39 is 0 Å². The number of carbonyl (C=O) groups is 1. The van der Waals surface area contributed by atoms with Gasteiger partial charge in [0.25, 0.3) is 0 Å². The third kappa shape index (κ3) is 2.51. The van der Waals surface area contributed by atoms with Crippen molar-refractivity contribution in [3.63, 3.8) is 0 Å². The van der Waals surface area contributed by atoms with Gasteiger partial charge in [-0.3, -0.25) is 4.79 Å². The van der Waals surface area contributed by atoms with Crippen molar-refractivity contribution in [2.75, 3.05) is 0 Å². The number of hydrogen-bond donors (Lipinski definition) is 0. The van der Waals surface area contributed by atoms with E-state index >= 15 is 0 Å². The molecular weight excluding hydrogens is 392 g/mol. The topological polar surface area (TPSA) is 43.4 Å². The first-order chi connectivity index (χ1) is 14.7. The number of Topliss-reactive ketones (excluding diaryl/α,β-unsaturated/α-hetero) is 1. The molecule has 0 radical (unpaired) electrons. The van der Waals surface area contributed by atoms with Crippen molar-refractivity contribution in [1.82, 2.24) is 0 Å². The molecular formula is C26H14O3S. The highest BCUT2D eigenvalue weighted by Crippen LogP contribution is 2.31. The van der Waals surface area contributed by atoms with Gasteiger partial charge in [0.1, 0.15) is 22.3 Å². The van der Waals surface area contributed by atoms with Gasteiger partial charge in [-0.2, -0.15) is 0 Å². The van der Waals surface area contributed by atoms with E-state index in [2.05, 4.69) is 0 Å². The van der Waals surface area contributed by atoms with Crippen LogP contribution >= 0.6 is 12.2 Å². The van der Waals surface area contributed by atoms with Crippen molar-refractivity contribution in [1.29, 1.82) is 0 Å². The number of thiocarbonyl (C=S) groups is 1. The molecule has 0 aliphatic rings. The third-order valence-electron chi connectivity index (χ3n) is 5.49. The number of para-hydroxylation sites is 2. The van der Waals surface area contributed by atoms with E-state index in [1.165, 1.54) is 0 Å². The minimum absolute atomic E-state index is 0.206. The van der Waals surface area contributed by atoms with E-state index in [1.54, 1.807) is 12.1 Å². The Morgan fingerprint density at radius 3 is 1.63 bits per heavy atom. The highest BCUT2D eigenvalue weighted by atomic mass is 32.1. The van der Waals surface area contributed by atoms with E-state index in [0.717, 1.165) is 38.3 Å². The number of furan rings is 2. The minimum atomic E-state index is -0.206. The van der Waals surface area contributed by atoms with Gasteiger partial charge < -0.3 is 8.83 Å². The third-order valence-corrected chi connectivity index (χ3v) is 5.91. The molecule has 3 nitrogen and oxygen atoms in total. The van der Waals surface area contributed by atoms with Gasteiger partial charge in [0.15, 0.2) is 0 Å². The molecule has 30 heavy (non-hydrogen) atoms. The van der Waals surface area contributed by atoms with Gasteiger partial charge in [0, 0.05) is 32.7 Å². The van der Waals surface area contributed by atoms with E-state index in [4.69, 9.17) is 21.1 Å². The van der Waals surface area contributed by atoms with E-state index in [1.807, 2.05) is 72.8 Å². The Kier molecular flexibility index (Phi) is 3.64. The van der Waals surface area contributed by atoms with Crippen LogP contribution in [0.5, 0.6) is 0 Å². The lowest BCUT2D eigenvalue weighted by molar-refractivity contribution is 0.106. The van der Waals surface area contributed by atoms with Crippen molar-refractivity contribution in [2.24, 2.45) is 0 Å². The predicted molar refractivity (Wildman–Crippen MR) is 123 cm³/mol. The summed E-state index contributed by atoms with van der Waals surface area (Å²) in [5, 5.41) is 4.07. The quantitative estimate of drug-likeness (QED) is 0.232. The van der Waals surface area contributed by atoms with Crippen molar-refractivity contribution < 1.29 is 13.6 Å². The summed E-state index contributed by atoms with van der Waals surface area (Å²) in [6.07, 6.45) is 0. The maximum absolute atomic E-state index is 13.1. The van der Waals surface area contributed by atoms with Crippen LogP contribution in [0, 0.1) is 0 Å². The molecule has 0 saturated carbocycles. The summed E-state index contributed by atoms with van der Waals surface area (Å²) in [5.74, 6) is -0.206. The monoisotopic (exact) mass is 406 g/mol. The van der Waals surface area contributed by atoms with Crippen molar-refractivity contribution >= 4 is 66.7 Å². The fraction of sp³-hybridized carbons (Fsp3) is 0. The molecule has 0 saturated heterocycles. The maximum atomic E-state index is 13.1. The lowest BCUT2D eigenvalue weighted by Crippen LogP contribution is -2.13. The van der Waals surface area contributed by atoms with Crippen molar-refractivity contribution in [2.45, 2.75) is 0 Å². The summed E-state index contributed by atoms with van der Waals surface area (Å²) in [5.41, 5.74) is 4.20. The Morgan fingerprint density at radius 2 is 1.03 bits per heavy atom. The van der Waals surface area contributed by atoms with Crippen LogP contribution in [0.4, 0.5) is 0 Å². The predicted octanol–water partition coefficient (Wildman–Crippen LogP) is 7.09.